The van der Waals surface area contributed by atoms with Crippen LogP contribution in [0, 0.1) is 18.8 Å². The zero-order chi connectivity index (χ0) is 18.1. The molecule has 0 unspecified atom stereocenters. The zero-order valence-corrected chi connectivity index (χ0v) is 15.6. The Morgan fingerprint density at radius 2 is 2.19 bits per heavy atom. The SMILES string of the molecule is Cc1ccc(CCC(=O)NC[C@H]2[C@H]3CN(CCO)C[C@]34CC[C@H]2O4)cc1. The van der Waals surface area contributed by atoms with Crippen molar-refractivity contribution < 1.29 is 14.6 Å². The molecule has 1 spiro atoms. The van der Waals surface area contributed by atoms with Crippen molar-refractivity contribution in [3.63, 3.8) is 0 Å². The third-order valence-electron chi connectivity index (χ3n) is 6.57. The Hall–Kier alpha value is -1.43. The number of aliphatic hydroxyl groups is 1. The predicted octanol–water partition coefficient (Wildman–Crippen LogP) is 1.52. The number of β-amino-alcohol motifs (C(OH)–C–C–N with tert-alkyl or cyclic N) is 1. The minimum absolute atomic E-state index is 0.0167. The number of benzene rings is 1. The number of hydrogen-bond acceptors (Lipinski definition) is 4. The van der Waals surface area contributed by atoms with E-state index in [0.29, 0.717) is 24.4 Å². The molecule has 1 amide bonds. The number of rotatable bonds is 7. The van der Waals surface area contributed by atoms with Gasteiger partial charge in [0, 0.05) is 44.4 Å². The van der Waals surface area contributed by atoms with Gasteiger partial charge < -0.3 is 15.2 Å². The summed E-state index contributed by atoms with van der Waals surface area (Å²) in [5.74, 6) is 1.04. The smallest absolute Gasteiger partial charge is 0.220 e. The normalized spacial score (nSPS) is 32.8. The molecule has 5 nitrogen and oxygen atoms in total. The summed E-state index contributed by atoms with van der Waals surface area (Å²) in [6, 6.07) is 8.39. The van der Waals surface area contributed by atoms with Crippen LogP contribution in [0.4, 0.5) is 0 Å². The van der Waals surface area contributed by atoms with Crippen LogP contribution in [0.3, 0.4) is 0 Å². The van der Waals surface area contributed by atoms with Crippen LogP contribution in [0.1, 0.15) is 30.4 Å². The standard InChI is InChI=1S/C21H30N2O3/c1-15-2-4-16(5-3-15)6-7-20(25)22-12-17-18-13-23(10-11-24)14-21(18)9-8-19(17)26-21/h2-5,17-19,24H,6-14H2,1H3,(H,22,25)/t17-,18+,19+,21+/m0/s1. The van der Waals surface area contributed by atoms with Crippen molar-refractivity contribution in [3.8, 4) is 0 Å². The maximum absolute atomic E-state index is 12.3. The highest BCUT2D eigenvalue weighted by Crippen LogP contribution is 2.54. The van der Waals surface area contributed by atoms with Gasteiger partial charge in [-0.05, 0) is 31.7 Å². The van der Waals surface area contributed by atoms with Crippen LogP contribution in [0.15, 0.2) is 24.3 Å². The number of carbonyl (C=O) groups excluding carboxylic acids is 1. The second kappa shape index (κ2) is 7.29. The lowest BCUT2D eigenvalue weighted by Crippen LogP contribution is -2.41. The largest absolute Gasteiger partial charge is 0.395 e. The molecule has 2 bridgehead atoms. The van der Waals surface area contributed by atoms with Crippen molar-refractivity contribution >= 4 is 5.91 Å². The van der Waals surface area contributed by atoms with Gasteiger partial charge in [0.1, 0.15) is 0 Å². The van der Waals surface area contributed by atoms with Gasteiger partial charge in [-0.25, -0.2) is 0 Å². The number of likely N-dealkylation sites (tertiary alicyclic amines) is 1. The maximum Gasteiger partial charge on any atom is 0.220 e. The van der Waals surface area contributed by atoms with Gasteiger partial charge >= 0.3 is 0 Å². The Labute approximate surface area is 155 Å². The number of fused-ring (bicyclic) bond motifs is 1. The third-order valence-corrected chi connectivity index (χ3v) is 6.57. The molecule has 1 aromatic rings. The Balaban J connectivity index is 1.28. The highest BCUT2D eigenvalue weighted by Gasteiger charge is 2.62. The van der Waals surface area contributed by atoms with Crippen molar-refractivity contribution in [2.45, 2.75) is 44.3 Å². The summed E-state index contributed by atoms with van der Waals surface area (Å²) in [6.07, 6.45) is 3.85. The molecule has 142 valence electrons. The fourth-order valence-corrected chi connectivity index (χ4v) is 5.20. The first-order chi connectivity index (χ1) is 12.6. The lowest BCUT2D eigenvalue weighted by atomic mass is 9.73. The van der Waals surface area contributed by atoms with Crippen LogP contribution < -0.4 is 5.32 Å². The molecule has 0 saturated carbocycles. The molecule has 26 heavy (non-hydrogen) atoms. The predicted molar refractivity (Wildman–Crippen MR) is 99.9 cm³/mol. The van der Waals surface area contributed by atoms with Gasteiger partial charge in [-0.2, -0.15) is 0 Å². The molecule has 0 radical (unpaired) electrons. The third kappa shape index (κ3) is 3.40. The highest BCUT2D eigenvalue weighted by atomic mass is 16.5. The van der Waals surface area contributed by atoms with Gasteiger partial charge in [0.2, 0.25) is 5.91 Å². The van der Waals surface area contributed by atoms with Gasteiger partial charge in [-0.3, -0.25) is 9.69 Å². The van der Waals surface area contributed by atoms with E-state index < -0.39 is 0 Å². The number of ether oxygens (including phenoxy) is 1. The molecule has 3 aliphatic rings. The number of carbonyl (C=O) groups is 1. The number of nitrogens with one attached hydrogen (secondary N) is 1. The van der Waals surface area contributed by atoms with Gasteiger partial charge in [-0.1, -0.05) is 29.8 Å². The Morgan fingerprint density at radius 1 is 1.38 bits per heavy atom. The lowest BCUT2D eigenvalue weighted by molar-refractivity contribution is -0.121. The van der Waals surface area contributed by atoms with E-state index in [4.69, 9.17) is 4.74 Å². The molecule has 3 aliphatic heterocycles. The summed E-state index contributed by atoms with van der Waals surface area (Å²) in [6.45, 7) is 5.64. The van der Waals surface area contributed by atoms with E-state index in [9.17, 15) is 9.90 Å². The first kappa shape index (κ1) is 18.0. The molecule has 0 aliphatic carbocycles. The molecule has 4 rings (SSSR count). The molecule has 1 aromatic carbocycles. The van der Waals surface area contributed by atoms with Crippen LogP contribution in [-0.4, -0.2) is 60.4 Å². The lowest BCUT2D eigenvalue weighted by Gasteiger charge is -2.29. The number of aryl methyl sites for hydroxylation is 2. The summed E-state index contributed by atoms with van der Waals surface area (Å²) in [4.78, 5) is 14.6. The van der Waals surface area contributed by atoms with E-state index in [1.165, 1.54) is 11.1 Å². The van der Waals surface area contributed by atoms with E-state index in [-0.39, 0.29) is 18.1 Å². The van der Waals surface area contributed by atoms with Crippen LogP contribution in [0.25, 0.3) is 0 Å². The first-order valence-electron chi connectivity index (χ1n) is 9.93. The Kier molecular flexibility index (Phi) is 5.04. The molecule has 5 heteroatoms. The van der Waals surface area contributed by atoms with E-state index >= 15 is 0 Å². The fourth-order valence-electron chi connectivity index (χ4n) is 5.20. The Bertz CT molecular complexity index is 647. The van der Waals surface area contributed by atoms with Crippen LogP contribution >= 0.6 is 0 Å². The van der Waals surface area contributed by atoms with Crippen molar-refractivity contribution in [1.82, 2.24) is 10.2 Å². The van der Waals surface area contributed by atoms with E-state index in [0.717, 1.165) is 45.4 Å². The summed E-state index contributed by atoms with van der Waals surface area (Å²) in [5.41, 5.74) is 2.44. The molecule has 4 atom stereocenters. The van der Waals surface area contributed by atoms with Gasteiger partial charge in [0.25, 0.3) is 0 Å². The highest BCUT2D eigenvalue weighted by molar-refractivity contribution is 5.76. The number of hydrogen-bond donors (Lipinski definition) is 2. The first-order valence-corrected chi connectivity index (χ1v) is 9.93. The van der Waals surface area contributed by atoms with Gasteiger partial charge in [0.15, 0.2) is 0 Å². The van der Waals surface area contributed by atoms with Crippen LogP contribution in [0.5, 0.6) is 0 Å². The quantitative estimate of drug-likeness (QED) is 0.776. The molecule has 0 aromatic heterocycles. The molecule has 3 fully saturated rings. The summed E-state index contributed by atoms with van der Waals surface area (Å²) < 4.78 is 6.37. The number of amides is 1. The van der Waals surface area contributed by atoms with Gasteiger partial charge in [0.05, 0.1) is 18.3 Å². The molecule has 3 saturated heterocycles. The number of nitrogens with zero attached hydrogens (tertiary/aromatic N) is 1. The topological polar surface area (TPSA) is 61.8 Å². The summed E-state index contributed by atoms with van der Waals surface area (Å²) in [5, 5.41) is 12.4. The van der Waals surface area contributed by atoms with Crippen LogP contribution in [-0.2, 0) is 16.0 Å². The van der Waals surface area contributed by atoms with Crippen molar-refractivity contribution in [2.24, 2.45) is 11.8 Å². The van der Waals surface area contributed by atoms with E-state index in [1.807, 2.05) is 0 Å². The zero-order valence-electron chi connectivity index (χ0n) is 15.6. The van der Waals surface area contributed by atoms with Gasteiger partial charge in [-0.15, -0.1) is 0 Å². The minimum atomic E-state index is -0.0167. The van der Waals surface area contributed by atoms with Crippen molar-refractivity contribution in [3.05, 3.63) is 35.4 Å². The Morgan fingerprint density at radius 3 is 2.96 bits per heavy atom. The average molecular weight is 358 g/mol. The minimum Gasteiger partial charge on any atom is -0.395 e. The summed E-state index contributed by atoms with van der Waals surface area (Å²) in [7, 11) is 0. The van der Waals surface area contributed by atoms with E-state index in [1.54, 1.807) is 0 Å². The van der Waals surface area contributed by atoms with Crippen molar-refractivity contribution in [2.75, 3.05) is 32.8 Å². The average Bonchev–Trinajstić information content (AvgIpc) is 3.27. The molecular weight excluding hydrogens is 328 g/mol. The second-order valence-corrected chi connectivity index (χ2v) is 8.28. The van der Waals surface area contributed by atoms with Crippen LogP contribution in [0.2, 0.25) is 0 Å². The fraction of sp³-hybridized carbons (Fsp3) is 0.667. The van der Waals surface area contributed by atoms with Crippen molar-refractivity contribution in [1.29, 1.82) is 0 Å². The van der Waals surface area contributed by atoms with E-state index in [2.05, 4.69) is 41.4 Å². The number of aliphatic hydroxyl groups excluding tert-OH is 1. The molecule has 2 N–H and O–H groups in total. The second-order valence-electron chi connectivity index (χ2n) is 8.28. The summed E-state index contributed by atoms with van der Waals surface area (Å²) >= 11 is 0. The maximum atomic E-state index is 12.3. The molecular formula is C21H30N2O3. The molecule has 3 heterocycles. The monoisotopic (exact) mass is 358 g/mol.